The number of fused-ring (bicyclic) bond motifs is 1. The lowest BCUT2D eigenvalue weighted by Crippen LogP contribution is -2.42. The molecule has 0 N–H and O–H groups in total. The Morgan fingerprint density at radius 3 is 2.95 bits per heavy atom. The molecule has 2 heterocycles. The number of rotatable bonds is 3. The van der Waals surface area contributed by atoms with Crippen molar-refractivity contribution in [2.24, 2.45) is 0 Å². The van der Waals surface area contributed by atoms with Gasteiger partial charge in [-0.05, 0) is 31.0 Å². The fourth-order valence-electron chi connectivity index (χ4n) is 2.50. The van der Waals surface area contributed by atoms with Gasteiger partial charge in [-0.25, -0.2) is 9.97 Å². The second-order valence-electron chi connectivity index (χ2n) is 5.27. The third-order valence-electron chi connectivity index (χ3n) is 3.54. The van der Waals surface area contributed by atoms with E-state index in [1.54, 1.807) is 23.4 Å². The molecule has 22 heavy (non-hydrogen) atoms. The number of hydrogen-bond donors (Lipinski definition) is 0. The summed E-state index contributed by atoms with van der Waals surface area (Å²) < 4.78 is 5.76. The summed E-state index contributed by atoms with van der Waals surface area (Å²) in [6.07, 6.45) is 5.86. The summed E-state index contributed by atoms with van der Waals surface area (Å²) >= 11 is 6.17. The molecule has 2 aromatic rings. The van der Waals surface area contributed by atoms with Crippen molar-refractivity contribution in [2.45, 2.75) is 25.9 Å². The molecule has 0 fully saturated rings. The van der Waals surface area contributed by atoms with Gasteiger partial charge < -0.3 is 9.64 Å². The van der Waals surface area contributed by atoms with E-state index < -0.39 is 0 Å². The van der Waals surface area contributed by atoms with Crippen LogP contribution in [0.1, 0.15) is 18.9 Å². The van der Waals surface area contributed by atoms with Crippen molar-refractivity contribution in [1.82, 2.24) is 9.97 Å². The molecule has 0 aliphatic carbocycles. The maximum atomic E-state index is 12.6. The van der Waals surface area contributed by atoms with Gasteiger partial charge in [0.2, 0.25) is 5.91 Å². The van der Waals surface area contributed by atoms with Gasteiger partial charge in [0.05, 0.1) is 17.3 Å². The summed E-state index contributed by atoms with van der Waals surface area (Å²) in [6, 6.07) is 5.45. The molecule has 1 aliphatic rings. The molecule has 0 saturated carbocycles. The van der Waals surface area contributed by atoms with Crippen LogP contribution in [0.2, 0.25) is 5.02 Å². The quantitative estimate of drug-likeness (QED) is 0.873. The molecule has 3 rings (SSSR count). The number of benzene rings is 1. The van der Waals surface area contributed by atoms with E-state index in [4.69, 9.17) is 16.3 Å². The minimum atomic E-state index is -0.0867. The number of halogens is 1. The van der Waals surface area contributed by atoms with Crippen molar-refractivity contribution >= 4 is 23.2 Å². The Balaban J connectivity index is 1.77. The average molecular weight is 318 g/mol. The van der Waals surface area contributed by atoms with Gasteiger partial charge >= 0.3 is 0 Å². The predicted octanol–water partition coefficient (Wildman–Crippen LogP) is 2.88. The summed E-state index contributed by atoms with van der Waals surface area (Å²) in [7, 11) is 0. The molecule has 0 saturated heterocycles. The van der Waals surface area contributed by atoms with Crippen molar-refractivity contribution in [2.75, 3.05) is 11.4 Å². The number of anilines is 1. The Morgan fingerprint density at radius 1 is 1.41 bits per heavy atom. The lowest BCUT2D eigenvalue weighted by Gasteiger charge is -2.34. The first kappa shape index (κ1) is 14.8. The van der Waals surface area contributed by atoms with Crippen LogP contribution in [-0.4, -0.2) is 28.5 Å². The molecule has 114 valence electrons. The van der Waals surface area contributed by atoms with E-state index in [1.165, 1.54) is 6.33 Å². The number of para-hydroxylation sites is 1. The Labute approximate surface area is 133 Å². The van der Waals surface area contributed by atoms with Gasteiger partial charge in [-0.3, -0.25) is 4.79 Å². The molecule has 0 bridgehead atoms. The van der Waals surface area contributed by atoms with Crippen LogP contribution in [0.3, 0.4) is 0 Å². The summed E-state index contributed by atoms with van der Waals surface area (Å²) in [5.41, 5.74) is 1.68. The van der Waals surface area contributed by atoms with E-state index in [0.29, 0.717) is 30.2 Å². The van der Waals surface area contributed by atoms with Crippen molar-refractivity contribution in [3.63, 3.8) is 0 Å². The van der Waals surface area contributed by atoms with Gasteiger partial charge in [-0.15, -0.1) is 0 Å². The maximum Gasteiger partial charge on any atom is 0.227 e. The zero-order valence-electron chi connectivity index (χ0n) is 12.2. The molecule has 1 amide bonds. The van der Waals surface area contributed by atoms with Gasteiger partial charge in [-0.2, -0.15) is 0 Å². The van der Waals surface area contributed by atoms with Crippen molar-refractivity contribution < 1.29 is 9.53 Å². The molecule has 1 unspecified atom stereocenters. The molecule has 0 spiro atoms. The number of aryl methyl sites for hydroxylation is 1. The first-order valence-electron chi connectivity index (χ1n) is 7.14. The second kappa shape index (κ2) is 6.32. The summed E-state index contributed by atoms with van der Waals surface area (Å²) in [5, 5.41) is 0.526. The molecular weight excluding hydrogens is 302 g/mol. The molecule has 1 aromatic heterocycles. The Bertz CT molecular complexity index is 678. The minimum absolute atomic E-state index is 0.0440. The highest BCUT2D eigenvalue weighted by Gasteiger charge is 2.28. The number of ether oxygens (including phenoxy) is 1. The largest absolute Gasteiger partial charge is 0.485 e. The highest BCUT2D eigenvalue weighted by Crippen LogP contribution is 2.39. The van der Waals surface area contributed by atoms with Crippen LogP contribution in [0.4, 0.5) is 5.69 Å². The van der Waals surface area contributed by atoms with Crippen molar-refractivity contribution in [3.8, 4) is 5.75 Å². The summed E-state index contributed by atoms with van der Waals surface area (Å²) in [5.74, 6) is 0.627. The van der Waals surface area contributed by atoms with Gasteiger partial charge in [0, 0.05) is 18.8 Å². The van der Waals surface area contributed by atoms with Crippen LogP contribution in [-0.2, 0) is 11.2 Å². The second-order valence-corrected chi connectivity index (χ2v) is 5.67. The Hall–Kier alpha value is -2.14. The summed E-state index contributed by atoms with van der Waals surface area (Å²) in [6.45, 7) is 2.45. The van der Waals surface area contributed by atoms with Crippen LogP contribution in [0.25, 0.3) is 0 Å². The molecular formula is C16H16ClN3O2. The zero-order chi connectivity index (χ0) is 15.5. The van der Waals surface area contributed by atoms with Crippen LogP contribution >= 0.6 is 11.6 Å². The van der Waals surface area contributed by atoms with Gasteiger partial charge in [0.25, 0.3) is 0 Å². The molecule has 1 aromatic carbocycles. The zero-order valence-corrected chi connectivity index (χ0v) is 13.0. The maximum absolute atomic E-state index is 12.6. The lowest BCUT2D eigenvalue weighted by molar-refractivity contribution is -0.119. The topological polar surface area (TPSA) is 55.3 Å². The lowest BCUT2D eigenvalue weighted by atomic mass is 10.1. The standard InChI is InChI=1S/C16H16ClN3O2/c1-11-9-20(14-4-2-3-13(17)16(14)22-11)15(21)6-5-12-7-18-10-19-8-12/h2-4,7-8,10-11H,5-6,9H2,1H3. The van der Waals surface area contributed by atoms with Gasteiger partial charge in [0.1, 0.15) is 12.4 Å². The first-order valence-corrected chi connectivity index (χ1v) is 7.52. The van der Waals surface area contributed by atoms with E-state index >= 15 is 0 Å². The van der Waals surface area contributed by atoms with E-state index in [-0.39, 0.29) is 12.0 Å². The van der Waals surface area contributed by atoms with Crippen LogP contribution in [0, 0.1) is 0 Å². The monoisotopic (exact) mass is 317 g/mol. The molecule has 1 atom stereocenters. The predicted molar refractivity (Wildman–Crippen MR) is 84.2 cm³/mol. The SMILES string of the molecule is CC1CN(C(=O)CCc2cncnc2)c2cccc(Cl)c2O1. The van der Waals surface area contributed by atoms with Crippen molar-refractivity contribution in [3.05, 3.63) is 47.5 Å². The number of amides is 1. The van der Waals surface area contributed by atoms with E-state index in [0.717, 1.165) is 11.3 Å². The normalized spacial score (nSPS) is 16.8. The molecule has 6 heteroatoms. The van der Waals surface area contributed by atoms with Gasteiger partial charge in [0.15, 0.2) is 5.75 Å². The molecule has 0 radical (unpaired) electrons. The Morgan fingerprint density at radius 2 is 2.18 bits per heavy atom. The van der Waals surface area contributed by atoms with Crippen molar-refractivity contribution in [1.29, 1.82) is 0 Å². The van der Waals surface area contributed by atoms with Crippen LogP contribution in [0.15, 0.2) is 36.9 Å². The molecule has 5 nitrogen and oxygen atoms in total. The highest BCUT2D eigenvalue weighted by molar-refractivity contribution is 6.32. The number of nitrogens with zero attached hydrogens (tertiary/aromatic N) is 3. The number of hydrogen-bond acceptors (Lipinski definition) is 4. The molecule has 1 aliphatic heterocycles. The number of carbonyl (C=O) groups is 1. The smallest absolute Gasteiger partial charge is 0.227 e. The number of aromatic nitrogens is 2. The minimum Gasteiger partial charge on any atom is -0.485 e. The Kier molecular flexibility index (Phi) is 4.24. The van der Waals surface area contributed by atoms with Crippen LogP contribution < -0.4 is 9.64 Å². The fraction of sp³-hybridized carbons (Fsp3) is 0.312. The van der Waals surface area contributed by atoms with E-state index in [9.17, 15) is 4.79 Å². The number of carbonyl (C=O) groups excluding carboxylic acids is 1. The summed E-state index contributed by atoms with van der Waals surface area (Å²) in [4.78, 5) is 22.2. The highest BCUT2D eigenvalue weighted by atomic mass is 35.5. The fourth-order valence-corrected chi connectivity index (χ4v) is 2.72. The first-order chi connectivity index (χ1) is 10.6. The average Bonchev–Trinajstić information content (AvgIpc) is 2.54. The third-order valence-corrected chi connectivity index (χ3v) is 3.84. The van der Waals surface area contributed by atoms with Gasteiger partial charge in [-0.1, -0.05) is 17.7 Å². The van der Waals surface area contributed by atoms with E-state index in [2.05, 4.69) is 9.97 Å². The van der Waals surface area contributed by atoms with Crippen LogP contribution in [0.5, 0.6) is 5.75 Å². The van der Waals surface area contributed by atoms with E-state index in [1.807, 2.05) is 19.1 Å². The third kappa shape index (κ3) is 3.04.